The van der Waals surface area contributed by atoms with Crippen LogP contribution in [0, 0.1) is 0 Å². The molecule has 0 bridgehead atoms. The monoisotopic (exact) mass is 304 g/mol. The van der Waals surface area contributed by atoms with Gasteiger partial charge < -0.3 is 9.84 Å². The zero-order chi connectivity index (χ0) is 16.2. The number of allylic oxidation sites excluding steroid dienone is 2. The zero-order valence-corrected chi connectivity index (χ0v) is 13.8. The summed E-state index contributed by atoms with van der Waals surface area (Å²) in [5.41, 5.74) is 1.09. The highest BCUT2D eigenvalue weighted by Crippen LogP contribution is 2.26. The van der Waals surface area contributed by atoms with E-state index < -0.39 is 0 Å². The average Bonchev–Trinajstić information content (AvgIpc) is 2.52. The minimum atomic E-state index is 0.153. The Bertz CT molecular complexity index is 478. The van der Waals surface area contributed by atoms with Crippen molar-refractivity contribution < 1.29 is 14.6 Å². The highest BCUT2D eigenvalue weighted by Gasteiger charge is 2.02. The van der Waals surface area contributed by atoms with Crippen LogP contribution in [0.15, 0.2) is 30.4 Å². The molecule has 0 saturated carbocycles. The molecule has 0 radical (unpaired) electrons. The smallest absolute Gasteiger partial charge is 0.160 e. The number of aromatic hydroxyl groups is 1. The van der Waals surface area contributed by atoms with Gasteiger partial charge in [0, 0.05) is 6.42 Å². The Labute approximate surface area is 134 Å². The van der Waals surface area contributed by atoms with Gasteiger partial charge in [0.15, 0.2) is 17.3 Å². The van der Waals surface area contributed by atoms with E-state index >= 15 is 0 Å². The molecule has 3 heteroatoms. The molecule has 1 aromatic rings. The van der Waals surface area contributed by atoms with E-state index in [1.807, 2.05) is 18.2 Å². The lowest BCUT2D eigenvalue weighted by molar-refractivity contribution is -0.114. The summed E-state index contributed by atoms with van der Waals surface area (Å²) < 4.78 is 5.08. The Hall–Kier alpha value is -1.77. The average molecular weight is 304 g/mol. The molecule has 0 unspecified atom stereocenters. The third-order valence-corrected chi connectivity index (χ3v) is 3.67. The van der Waals surface area contributed by atoms with Crippen molar-refractivity contribution in [2.75, 3.05) is 7.11 Å². The molecule has 122 valence electrons. The number of phenols is 1. The van der Waals surface area contributed by atoms with Crippen molar-refractivity contribution >= 4 is 5.78 Å². The van der Waals surface area contributed by atoms with Crippen LogP contribution in [0.5, 0.6) is 11.5 Å². The summed E-state index contributed by atoms with van der Waals surface area (Å²) in [4.78, 5) is 11.7. The van der Waals surface area contributed by atoms with Gasteiger partial charge in [-0.25, -0.2) is 0 Å². The maximum absolute atomic E-state index is 11.7. The molecule has 0 heterocycles. The lowest BCUT2D eigenvalue weighted by Crippen LogP contribution is -1.93. The van der Waals surface area contributed by atoms with Gasteiger partial charge in [-0.3, -0.25) is 4.79 Å². The van der Waals surface area contributed by atoms with Crippen molar-refractivity contribution in [3.05, 3.63) is 35.9 Å². The fourth-order valence-corrected chi connectivity index (χ4v) is 2.33. The van der Waals surface area contributed by atoms with Gasteiger partial charge in [0.05, 0.1) is 7.11 Å². The fourth-order valence-electron chi connectivity index (χ4n) is 2.33. The molecule has 1 rings (SSSR count). The standard InChI is InChI=1S/C19H28O3/c1-3-4-5-6-7-11-17(20)12-9-8-10-16-13-14-18(21)19(15-16)22-2/h9,12-15,21H,3-8,10-11H2,1-2H3. The number of ketones is 1. The van der Waals surface area contributed by atoms with Crippen LogP contribution in [0.4, 0.5) is 0 Å². The molecule has 0 amide bonds. The summed E-state index contributed by atoms with van der Waals surface area (Å²) in [5.74, 6) is 0.865. The Morgan fingerprint density at radius 1 is 1.23 bits per heavy atom. The van der Waals surface area contributed by atoms with E-state index in [0.717, 1.165) is 31.2 Å². The van der Waals surface area contributed by atoms with Crippen LogP contribution in [-0.2, 0) is 11.2 Å². The third kappa shape index (κ3) is 7.30. The van der Waals surface area contributed by atoms with Gasteiger partial charge in [-0.1, -0.05) is 44.7 Å². The van der Waals surface area contributed by atoms with E-state index in [4.69, 9.17) is 4.74 Å². The van der Waals surface area contributed by atoms with Gasteiger partial charge in [0.1, 0.15) is 0 Å². The quantitative estimate of drug-likeness (QED) is 0.471. The first-order valence-corrected chi connectivity index (χ1v) is 8.22. The molecular weight excluding hydrogens is 276 g/mol. The van der Waals surface area contributed by atoms with Crippen molar-refractivity contribution in [2.24, 2.45) is 0 Å². The second kappa shape index (κ2) is 10.9. The summed E-state index contributed by atoms with van der Waals surface area (Å²) >= 11 is 0. The number of ether oxygens (including phenoxy) is 1. The normalized spacial score (nSPS) is 11.0. The molecule has 0 aromatic heterocycles. The largest absolute Gasteiger partial charge is 0.504 e. The fraction of sp³-hybridized carbons (Fsp3) is 0.526. The maximum Gasteiger partial charge on any atom is 0.160 e. The van der Waals surface area contributed by atoms with Crippen molar-refractivity contribution in [3.63, 3.8) is 0 Å². The third-order valence-electron chi connectivity index (χ3n) is 3.67. The molecular formula is C19H28O3. The topological polar surface area (TPSA) is 46.5 Å². The summed E-state index contributed by atoms with van der Waals surface area (Å²) in [7, 11) is 1.54. The number of benzene rings is 1. The van der Waals surface area contributed by atoms with Crippen LogP contribution >= 0.6 is 0 Å². The van der Waals surface area contributed by atoms with E-state index in [-0.39, 0.29) is 11.5 Å². The number of hydrogen-bond acceptors (Lipinski definition) is 3. The Morgan fingerprint density at radius 3 is 2.73 bits per heavy atom. The number of carbonyl (C=O) groups is 1. The molecule has 0 fully saturated rings. The predicted molar refractivity (Wildman–Crippen MR) is 90.5 cm³/mol. The highest BCUT2D eigenvalue weighted by atomic mass is 16.5. The molecule has 0 aliphatic heterocycles. The Kier molecular flexibility index (Phi) is 9.04. The molecule has 1 N–H and O–H groups in total. The molecule has 0 aliphatic carbocycles. The number of carbonyl (C=O) groups excluding carboxylic acids is 1. The number of rotatable bonds is 11. The Morgan fingerprint density at radius 2 is 2.00 bits per heavy atom. The van der Waals surface area contributed by atoms with E-state index in [1.54, 1.807) is 12.1 Å². The van der Waals surface area contributed by atoms with E-state index in [1.165, 1.54) is 26.4 Å². The number of methoxy groups -OCH3 is 1. The predicted octanol–water partition coefficient (Wildman–Crippen LogP) is 4.82. The first-order chi connectivity index (χ1) is 10.7. The van der Waals surface area contributed by atoms with Crippen LogP contribution in [0.1, 0.15) is 57.4 Å². The molecule has 1 aromatic carbocycles. The zero-order valence-electron chi connectivity index (χ0n) is 13.8. The maximum atomic E-state index is 11.7. The van der Waals surface area contributed by atoms with Crippen molar-refractivity contribution in [1.29, 1.82) is 0 Å². The molecule has 22 heavy (non-hydrogen) atoms. The van der Waals surface area contributed by atoms with E-state index in [2.05, 4.69) is 6.92 Å². The van der Waals surface area contributed by atoms with Crippen LogP contribution < -0.4 is 4.74 Å². The first kappa shape index (κ1) is 18.3. The summed E-state index contributed by atoms with van der Waals surface area (Å²) in [6.45, 7) is 2.19. The van der Waals surface area contributed by atoms with Gasteiger partial charge in [-0.2, -0.15) is 0 Å². The second-order valence-corrected chi connectivity index (χ2v) is 5.58. The summed E-state index contributed by atoms with van der Waals surface area (Å²) in [6.07, 6.45) is 11.8. The van der Waals surface area contributed by atoms with E-state index in [9.17, 15) is 9.90 Å². The molecule has 0 saturated heterocycles. The molecule has 3 nitrogen and oxygen atoms in total. The van der Waals surface area contributed by atoms with E-state index in [0.29, 0.717) is 12.2 Å². The van der Waals surface area contributed by atoms with Crippen molar-refractivity contribution in [1.82, 2.24) is 0 Å². The summed E-state index contributed by atoms with van der Waals surface area (Å²) in [5, 5.41) is 9.53. The number of unbranched alkanes of at least 4 members (excludes halogenated alkanes) is 4. The minimum Gasteiger partial charge on any atom is -0.504 e. The van der Waals surface area contributed by atoms with Gasteiger partial charge in [-0.15, -0.1) is 0 Å². The minimum absolute atomic E-state index is 0.153. The molecule has 0 aliphatic rings. The molecule has 0 spiro atoms. The van der Waals surface area contributed by atoms with Gasteiger partial charge in [-0.05, 0) is 43.0 Å². The van der Waals surface area contributed by atoms with Crippen molar-refractivity contribution in [3.8, 4) is 11.5 Å². The van der Waals surface area contributed by atoms with Crippen LogP contribution in [-0.4, -0.2) is 18.0 Å². The van der Waals surface area contributed by atoms with Crippen LogP contribution in [0.3, 0.4) is 0 Å². The van der Waals surface area contributed by atoms with Gasteiger partial charge in [0.2, 0.25) is 0 Å². The summed E-state index contributed by atoms with van der Waals surface area (Å²) in [6, 6.07) is 5.35. The highest BCUT2D eigenvalue weighted by molar-refractivity contribution is 5.89. The number of aryl methyl sites for hydroxylation is 1. The van der Waals surface area contributed by atoms with Gasteiger partial charge >= 0.3 is 0 Å². The van der Waals surface area contributed by atoms with Crippen molar-refractivity contribution in [2.45, 2.75) is 58.3 Å². The van der Waals surface area contributed by atoms with Crippen LogP contribution in [0.2, 0.25) is 0 Å². The van der Waals surface area contributed by atoms with Crippen LogP contribution in [0.25, 0.3) is 0 Å². The second-order valence-electron chi connectivity index (χ2n) is 5.58. The first-order valence-electron chi connectivity index (χ1n) is 8.22. The van der Waals surface area contributed by atoms with Gasteiger partial charge in [0.25, 0.3) is 0 Å². The lowest BCUT2D eigenvalue weighted by Gasteiger charge is -2.05. The number of hydrogen-bond donors (Lipinski definition) is 1. The Balaban J connectivity index is 2.24. The number of phenolic OH excluding ortho intramolecular Hbond substituents is 1. The SMILES string of the molecule is CCCCCCCC(=O)C=CCCc1ccc(O)c(OC)c1. The lowest BCUT2D eigenvalue weighted by atomic mass is 10.1. The molecule has 0 atom stereocenters.